The molecule has 0 bridgehead atoms. The Hall–Kier alpha value is -2.49. The summed E-state index contributed by atoms with van der Waals surface area (Å²) < 4.78 is 34.3. The molecule has 1 aromatic heterocycles. The predicted molar refractivity (Wildman–Crippen MR) is 119 cm³/mol. The van der Waals surface area contributed by atoms with E-state index in [4.69, 9.17) is 4.74 Å². The Morgan fingerprint density at radius 3 is 2.19 bits per heavy atom. The number of ether oxygens (including phenoxy) is 1. The van der Waals surface area contributed by atoms with Crippen molar-refractivity contribution >= 4 is 21.8 Å². The second-order valence-electron chi connectivity index (χ2n) is 7.55. The van der Waals surface area contributed by atoms with Crippen molar-refractivity contribution in [3.8, 4) is 0 Å². The number of Topliss-reactive ketones (excluding diaryl/α,β-unsaturated/α-hetero) is 1. The van der Waals surface area contributed by atoms with Crippen molar-refractivity contribution in [2.45, 2.75) is 32.2 Å². The van der Waals surface area contributed by atoms with E-state index in [9.17, 15) is 18.0 Å². The molecule has 9 heteroatoms. The van der Waals surface area contributed by atoms with Gasteiger partial charge in [-0.15, -0.1) is 0 Å². The fraction of sp³-hybridized carbons (Fsp3) is 0.455. The van der Waals surface area contributed by atoms with Crippen LogP contribution in [-0.2, 0) is 21.3 Å². The number of likely N-dealkylation sites (N-methyl/N-ethyl adjacent to an activating group) is 1. The lowest BCUT2D eigenvalue weighted by atomic mass is 10.1. The summed E-state index contributed by atoms with van der Waals surface area (Å²) in [7, 11) is 1.11. The van der Waals surface area contributed by atoms with E-state index in [0.717, 1.165) is 0 Å². The van der Waals surface area contributed by atoms with E-state index in [0.29, 0.717) is 35.6 Å². The van der Waals surface area contributed by atoms with Gasteiger partial charge in [0.1, 0.15) is 5.69 Å². The monoisotopic (exact) mass is 449 g/mol. The van der Waals surface area contributed by atoms with E-state index in [1.54, 1.807) is 36.6 Å². The Balaban J connectivity index is 2.48. The smallest absolute Gasteiger partial charge is 0.354 e. The van der Waals surface area contributed by atoms with Gasteiger partial charge in [0.2, 0.25) is 10.0 Å². The number of nitrogens with zero attached hydrogens (tertiary/aromatic N) is 3. The number of aromatic nitrogens is 1. The van der Waals surface area contributed by atoms with Crippen molar-refractivity contribution in [1.82, 2.24) is 13.8 Å². The van der Waals surface area contributed by atoms with Gasteiger partial charge >= 0.3 is 5.97 Å². The molecule has 2 aromatic rings. The maximum atomic E-state index is 13.3. The summed E-state index contributed by atoms with van der Waals surface area (Å²) in [5, 5.41) is 0. The second kappa shape index (κ2) is 10.2. The first-order valence-corrected chi connectivity index (χ1v) is 11.5. The molecule has 0 N–H and O–H groups in total. The zero-order valence-corrected chi connectivity index (χ0v) is 19.8. The molecule has 170 valence electrons. The van der Waals surface area contributed by atoms with E-state index < -0.39 is 16.0 Å². The lowest BCUT2D eigenvalue weighted by Gasteiger charge is -2.23. The van der Waals surface area contributed by atoms with Gasteiger partial charge in [-0.25, -0.2) is 13.2 Å². The molecule has 1 heterocycles. The lowest BCUT2D eigenvalue weighted by Crippen LogP contribution is -2.40. The first kappa shape index (κ1) is 24.8. The van der Waals surface area contributed by atoms with Crippen LogP contribution in [-0.4, -0.2) is 74.8 Å². The summed E-state index contributed by atoms with van der Waals surface area (Å²) in [4.78, 5) is 27.6. The maximum absolute atomic E-state index is 13.3. The van der Waals surface area contributed by atoms with Crippen molar-refractivity contribution < 1.29 is 22.7 Å². The zero-order valence-electron chi connectivity index (χ0n) is 19.0. The minimum absolute atomic E-state index is 0.136. The molecule has 0 fully saturated rings. The molecule has 0 atom stereocenters. The molecule has 0 spiro atoms. The highest BCUT2D eigenvalue weighted by molar-refractivity contribution is 7.89. The van der Waals surface area contributed by atoms with E-state index in [1.165, 1.54) is 23.5 Å². The van der Waals surface area contributed by atoms with Gasteiger partial charge in [-0.1, -0.05) is 18.2 Å². The Kier molecular flexibility index (Phi) is 8.16. The molecule has 0 radical (unpaired) electrons. The molecule has 0 aliphatic heterocycles. The number of hydrogen-bond donors (Lipinski definition) is 0. The molecule has 0 unspecified atom stereocenters. The van der Waals surface area contributed by atoms with Crippen LogP contribution in [0.2, 0.25) is 0 Å². The second-order valence-corrected chi connectivity index (χ2v) is 9.49. The van der Waals surface area contributed by atoms with Crippen LogP contribution in [0.1, 0.15) is 39.0 Å². The Bertz CT molecular complexity index is 1040. The fourth-order valence-electron chi connectivity index (χ4n) is 3.64. The van der Waals surface area contributed by atoms with Gasteiger partial charge in [-0.2, -0.15) is 4.31 Å². The highest BCUT2D eigenvalue weighted by Crippen LogP contribution is 2.25. The first-order chi connectivity index (χ1) is 14.6. The third kappa shape index (κ3) is 5.23. The van der Waals surface area contributed by atoms with Gasteiger partial charge in [0.25, 0.3) is 0 Å². The van der Waals surface area contributed by atoms with Crippen molar-refractivity contribution in [3.63, 3.8) is 0 Å². The summed E-state index contributed by atoms with van der Waals surface area (Å²) >= 11 is 0. The third-order valence-electron chi connectivity index (χ3n) is 5.24. The molecule has 1 aromatic carbocycles. The molecule has 0 aliphatic rings. The maximum Gasteiger partial charge on any atom is 0.354 e. The van der Waals surface area contributed by atoms with Gasteiger partial charge < -0.3 is 14.2 Å². The number of methoxy groups -OCH3 is 1. The highest BCUT2D eigenvalue weighted by atomic mass is 32.2. The number of rotatable bonds is 10. The zero-order chi connectivity index (χ0) is 23.3. The quantitative estimate of drug-likeness (QED) is 0.409. The van der Waals surface area contributed by atoms with E-state index in [-0.39, 0.29) is 23.8 Å². The highest BCUT2D eigenvalue weighted by Gasteiger charge is 2.31. The van der Waals surface area contributed by atoms with Crippen molar-refractivity contribution in [2.75, 3.05) is 40.8 Å². The average Bonchev–Trinajstić information content (AvgIpc) is 3.00. The summed E-state index contributed by atoms with van der Waals surface area (Å²) in [5.74, 6) is -0.881. The van der Waals surface area contributed by atoms with Crippen LogP contribution in [0, 0.1) is 13.8 Å². The summed E-state index contributed by atoms with van der Waals surface area (Å²) in [6.45, 7) is 6.10. The van der Waals surface area contributed by atoms with E-state index in [1.807, 2.05) is 25.9 Å². The van der Waals surface area contributed by atoms with Gasteiger partial charge in [-0.3, -0.25) is 4.79 Å². The van der Waals surface area contributed by atoms with Crippen LogP contribution in [0.25, 0.3) is 0 Å². The van der Waals surface area contributed by atoms with Crippen LogP contribution >= 0.6 is 0 Å². The number of sulfonamides is 1. The molecule has 0 saturated heterocycles. The molecular weight excluding hydrogens is 418 g/mol. The number of ketones is 1. The minimum atomic E-state index is -3.87. The first-order valence-electron chi connectivity index (χ1n) is 10.1. The van der Waals surface area contributed by atoms with Crippen molar-refractivity contribution in [2.24, 2.45) is 0 Å². The van der Waals surface area contributed by atoms with Gasteiger partial charge in [0.05, 0.1) is 18.6 Å². The van der Waals surface area contributed by atoms with Crippen molar-refractivity contribution in [3.05, 3.63) is 52.8 Å². The average molecular weight is 450 g/mol. The SMILES string of the molecule is CCn1c(C)c(C(=O)CN(CCN(C)C)S(=O)(=O)c2ccccc2)c(C)c1C(=O)OC. The molecule has 8 nitrogen and oxygen atoms in total. The Morgan fingerprint density at radius 1 is 1.06 bits per heavy atom. The number of carbonyl (C=O) groups excluding carboxylic acids is 2. The standard InChI is InChI=1S/C22H31N3O5S/c1-7-25-17(3)20(16(2)21(25)22(27)30-6)19(26)15-24(14-13-23(4)5)31(28,29)18-11-9-8-10-12-18/h8-12H,7,13-15H2,1-6H3. The molecule has 0 aliphatic carbocycles. The molecule has 0 amide bonds. The number of benzene rings is 1. The van der Waals surface area contributed by atoms with Crippen molar-refractivity contribution in [1.29, 1.82) is 0 Å². The van der Waals surface area contributed by atoms with Crippen LogP contribution in [0.3, 0.4) is 0 Å². The number of hydrogen-bond acceptors (Lipinski definition) is 6. The van der Waals surface area contributed by atoms with E-state index >= 15 is 0 Å². The Morgan fingerprint density at radius 2 is 1.68 bits per heavy atom. The topological polar surface area (TPSA) is 88.9 Å². The van der Waals surface area contributed by atoms with Crippen LogP contribution in [0.5, 0.6) is 0 Å². The minimum Gasteiger partial charge on any atom is -0.464 e. The third-order valence-corrected chi connectivity index (χ3v) is 7.10. The number of carbonyl (C=O) groups is 2. The predicted octanol–water partition coefficient (Wildman–Crippen LogP) is 2.35. The Labute approximate surface area is 184 Å². The molecule has 31 heavy (non-hydrogen) atoms. The molecule has 2 rings (SSSR count). The van der Waals surface area contributed by atoms with Crippen LogP contribution in [0.4, 0.5) is 0 Å². The largest absolute Gasteiger partial charge is 0.464 e. The summed E-state index contributed by atoms with van der Waals surface area (Å²) in [5.41, 5.74) is 1.80. The van der Waals surface area contributed by atoms with Gasteiger partial charge in [0, 0.05) is 30.9 Å². The van der Waals surface area contributed by atoms with E-state index in [2.05, 4.69) is 0 Å². The summed E-state index contributed by atoms with van der Waals surface area (Å²) in [6.07, 6.45) is 0. The molecular formula is C22H31N3O5S. The fourth-order valence-corrected chi connectivity index (χ4v) is 5.05. The number of esters is 1. The normalized spacial score (nSPS) is 11.9. The summed E-state index contributed by atoms with van der Waals surface area (Å²) in [6, 6.07) is 8.07. The van der Waals surface area contributed by atoms with Crippen LogP contribution < -0.4 is 0 Å². The molecule has 0 saturated carbocycles. The lowest BCUT2D eigenvalue weighted by molar-refractivity contribution is 0.0587. The van der Waals surface area contributed by atoms with Crippen LogP contribution in [0.15, 0.2) is 35.2 Å². The van der Waals surface area contributed by atoms with Gasteiger partial charge in [-0.05, 0) is 52.6 Å². The van der Waals surface area contributed by atoms with Gasteiger partial charge in [0.15, 0.2) is 5.78 Å².